The van der Waals surface area contributed by atoms with Crippen molar-refractivity contribution in [3.63, 3.8) is 0 Å². The maximum absolute atomic E-state index is 11.8. The van der Waals surface area contributed by atoms with Gasteiger partial charge in [0.05, 0.1) is 26.6 Å². The minimum Gasteiger partial charge on any atom is -0.493 e. The summed E-state index contributed by atoms with van der Waals surface area (Å²) in [5.74, 6) is 1.19. The number of ether oxygens (including phenoxy) is 4. The van der Waals surface area contributed by atoms with Gasteiger partial charge in [0.1, 0.15) is 12.2 Å². The number of rotatable bonds is 8. The molecular formula is C24H27N2O7+. The summed E-state index contributed by atoms with van der Waals surface area (Å²) in [5.41, 5.74) is 3.06. The normalized spacial score (nSPS) is 13.1. The van der Waals surface area contributed by atoms with Crippen molar-refractivity contribution in [1.29, 1.82) is 0 Å². The Hall–Kier alpha value is -3.88. The molecule has 0 saturated heterocycles. The van der Waals surface area contributed by atoms with Gasteiger partial charge in [-0.05, 0) is 40.1 Å². The summed E-state index contributed by atoms with van der Waals surface area (Å²) in [5, 5.41) is 20.7. The van der Waals surface area contributed by atoms with Crippen LogP contribution >= 0.6 is 0 Å². The van der Waals surface area contributed by atoms with Crippen LogP contribution in [-0.4, -0.2) is 42.0 Å². The third-order valence-electron chi connectivity index (χ3n) is 6.02. The first-order valence-electron chi connectivity index (χ1n) is 10.5. The second kappa shape index (κ2) is 8.93. The number of aromatic nitrogens is 2. The van der Waals surface area contributed by atoms with Crippen LogP contribution in [0.4, 0.5) is 0 Å². The number of hydrogen-bond acceptors (Lipinski definition) is 6. The maximum atomic E-state index is 11.8. The van der Waals surface area contributed by atoms with Gasteiger partial charge in [-0.25, -0.2) is 4.57 Å². The SMILES string of the molecule is COc1ccc([C@@H](CC(=O)O)c2n(O)c(C)c(C)[n+]2Cc2ccc3c(c2)OCO3)cc1OC. The predicted octanol–water partition coefficient (Wildman–Crippen LogP) is 3.03. The fourth-order valence-electron chi connectivity index (χ4n) is 4.17. The van der Waals surface area contributed by atoms with Crippen LogP contribution in [0.5, 0.6) is 23.0 Å². The Morgan fingerprint density at radius 2 is 1.82 bits per heavy atom. The molecule has 9 nitrogen and oxygen atoms in total. The number of carboxylic acids is 1. The summed E-state index contributed by atoms with van der Waals surface area (Å²) < 4.78 is 24.6. The molecule has 0 aliphatic carbocycles. The summed E-state index contributed by atoms with van der Waals surface area (Å²) in [6, 6.07) is 10.9. The molecule has 1 aliphatic heterocycles. The van der Waals surface area contributed by atoms with Gasteiger partial charge in [0.25, 0.3) is 0 Å². The number of imidazole rings is 1. The summed E-state index contributed by atoms with van der Waals surface area (Å²) in [7, 11) is 3.06. The van der Waals surface area contributed by atoms with Crippen LogP contribution < -0.4 is 23.5 Å². The molecule has 1 aromatic heterocycles. The van der Waals surface area contributed by atoms with Crippen molar-refractivity contribution in [1.82, 2.24) is 4.73 Å². The Bertz CT molecular complexity index is 1200. The molecule has 0 spiro atoms. The predicted molar refractivity (Wildman–Crippen MR) is 117 cm³/mol. The van der Waals surface area contributed by atoms with Crippen molar-refractivity contribution in [3.05, 3.63) is 64.7 Å². The Morgan fingerprint density at radius 3 is 2.52 bits per heavy atom. The van der Waals surface area contributed by atoms with E-state index < -0.39 is 11.9 Å². The van der Waals surface area contributed by atoms with E-state index >= 15 is 0 Å². The van der Waals surface area contributed by atoms with Crippen molar-refractivity contribution in [2.75, 3.05) is 21.0 Å². The monoisotopic (exact) mass is 455 g/mol. The third-order valence-corrected chi connectivity index (χ3v) is 6.02. The summed E-state index contributed by atoms with van der Waals surface area (Å²) in [6.45, 7) is 4.28. The van der Waals surface area contributed by atoms with Crippen LogP contribution in [0.2, 0.25) is 0 Å². The quantitative estimate of drug-likeness (QED) is 0.398. The molecule has 0 radical (unpaired) electrons. The molecule has 0 amide bonds. The van der Waals surface area contributed by atoms with Gasteiger partial charge in [0.2, 0.25) is 6.79 Å². The van der Waals surface area contributed by atoms with Gasteiger partial charge in [0, 0.05) is 13.8 Å². The molecule has 0 saturated carbocycles. The summed E-state index contributed by atoms with van der Waals surface area (Å²) in [6.07, 6.45) is -0.222. The lowest BCUT2D eigenvalue weighted by molar-refractivity contribution is -0.703. The Balaban J connectivity index is 1.82. The number of hydrogen-bond donors (Lipinski definition) is 2. The second-order valence-corrected chi connectivity index (χ2v) is 7.88. The Morgan fingerprint density at radius 1 is 1.09 bits per heavy atom. The van der Waals surface area contributed by atoms with Crippen LogP contribution in [0.25, 0.3) is 0 Å². The second-order valence-electron chi connectivity index (χ2n) is 7.88. The molecule has 174 valence electrons. The fraction of sp³-hybridized carbons (Fsp3) is 0.333. The highest BCUT2D eigenvalue weighted by Gasteiger charge is 2.36. The first-order valence-corrected chi connectivity index (χ1v) is 10.5. The molecule has 9 heteroatoms. The van der Waals surface area contributed by atoms with Crippen LogP contribution in [-0.2, 0) is 11.3 Å². The molecule has 33 heavy (non-hydrogen) atoms. The van der Waals surface area contributed by atoms with E-state index in [1.807, 2.05) is 29.7 Å². The van der Waals surface area contributed by atoms with Gasteiger partial charge in [0.15, 0.2) is 28.7 Å². The number of nitrogens with zero attached hydrogens (tertiary/aromatic N) is 2. The molecule has 2 aromatic carbocycles. The third kappa shape index (κ3) is 4.13. The van der Waals surface area contributed by atoms with Crippen molar-refractivity contribution in [2.45, 2.75) is 32.7 Å². The van der Waals surface area contributed by atoms with Crippen molar-refractivity contribution in [3.8, 4) is 23.0 Å². The van der Waals surface area contributed by atoms with E-state index in [1.165, 1.54) is 14.2 Å². The first kappa shape index (κ1) is 22.3. The summed E-state index contributed by atoms with van der Waals surface area (Å²) >= 11 is 0. The lowest BCUT2D eigenvalue weighted by Crippen LogP contribution is -2.42. The minimum atomic E-state index is -0.985. The average molecular weight is 455 g/mol. The van der Waals surface area contributed by atoms with Crippen LogP contribution in [0.15, 0.2) is 36.4 Å². The lowest BCUT2D eigenvalue weighted by atomic mass is 9.94. The molecule has 2 heterocycles. The minimum absolute atomic E-state index is 0.183. The van der Waals surface area contributed by atoms with Gasteiger partial charge in [-0.2, -0.15) is 0 Å². The molecule has 4 rings (SSSR count). The molecular weight excluding hydrogens is 428 g/mol. The van der Waals surface area contributed by atoms with E-state index in [9.17, 15) is 15.1 Å². The van der Waals surface area contributed by atoms with E-state index in [0.717, 1.165) is 16.0 Å². The Labute approximate surface area is 191 Å². The highest BCUT2D eigenvalue weighted by Crippen LogP contribution is 2.36. The number of benzene rings is 2. The molecule has 3 aromatic rings. The van der Waals surface area contributed by atoms with Gasteiger partial charge in [-0.15, -0.1) is 0 Å². The van der Waals surface area contributed by atoms with Gasteiger partial charge >= 0.3 is 11.8 Å². The Kier molecular flexibility index (Phi) is 6.04. The molecule has 0 unspecified atom stereocenters. The van der Waals surface area contributed by atoms with Crippen LogP contribution in [0.1, 0.15) is 40.7 Å². The van der Waals surface area contributed by atoms with E-state index in [-0.39, 0.29) is 13.2 Å². The van der Waals surface area contributed by atoms with Crippen LogP contribution in [0, 0.1) is 13.8 Å². The van der Waals surface area contributed by atoms with Gasteiger partial charge in [-0.1, -0.05) is 12.1 Å². The van der Waals surface area contributed by atoms with Crippen molar-refractivity contribution in [2.24, 2.45) is 0 Å². The molecule has 1 atom stereocenters. The van der Waals surface area contributed by atoms with E-state index in [0.29, 0.717) is 46.6 Å². The number of aliphatic carboxylic acids is 1. The van der Waals surface area contributed by atoms with Gasteiger partial charge < -0.3 is 29.3 Å². The van der Waals surface area contributed by atoms with E-state index in [4.69, 9.17) is 18.9 Å². The topological polar surface area (TPSA) is 103 Å². The molecule has 2 N–H and O–H groups in total. The lowest BCUT2D eigenvalue weighted by Gasteiger charge is -2.16. The van der Waals surface area contributed by atoms with Crippen LogP contribution in [0.3, 0.4) is 0 Å². The van der Waals surface area contributed by atoms with E-state index in [2.05, 4.69) is 0 Å². The standard InChI is InChI=1S/C24H26N2O7/c1-14-15(2)26(29)24(25(14)12-16-5-7-20-22(9-16)33-13-32-20)18(11-23(27)28)17-6-8-19(30-3)21(10-17)31-4/h5-10,18H,11-13H2,1-4H3,(H-,27,28,29)/p+1/t18-/m1/s1. The highest BCUT2D eigenvalue weighted by molar-refractivity contribution is 5.69. The molecule has 0 bridgehead atoms. The average Bonchev–Trinajstić information content (AvgIpc) is 3.36. The zero-order valence-corrected chi connectivity index (χ0v) is 19.0. The number of carbonyl (C=O) groups is 1. The van der Waals surface area contributed by atoms with Gasteiger partial charge in [-0.3, -0.25) is 4.79 Å². The number of carboxylic acid groups (broad SMARTS) is 1. The van der Waals surface area contributed by atoms with Crippen molar-refractivity contribution >= 4 is 5.97 Å². The first-order chi connectivity index (χ1) is 15.8. The largest absolute Gasteiger partial charge is 0.493 e. The van der Waals surface area contributed by atoms with Crippen molar-refractivity contribution < 1.29 is 38.6 Å². The smallest absolute Gasteiger partial charge is 0.305 e. The number of methoxy groups -OCH3 is 2. The number of fused-ring (bicyclic) bond motifs is 1. The molecule has 0 fully saturated rings. The van der Waals surface area contributed by atoms with E-state index in [1.54, 1.807) is 25.1 Å². The highest BCUT2D eigenvalue weighted by atomic mass is 16.7. The maximum Gasteiger partial charge on any atom is 0.305 e. The summed E-state index contributed by atoms with van der Waals surface area (Å²) in [4.78, 5) is 11.8. The zero-order chi connectivity index (χ0) is 23.7. The zero-order valence-electron chi connectivity index (χ0n) is 19.0. The fourth-order valence-corrected chi connectivity index (χ4v) is 4.17. The molecule has 1 aliphatic rings.